The third kappa shape index (κ3) is 7.20. The van der Waals surface area contributed by atoms with Gasteiger partial charge in [-0.2, -0.15) is 5.10 Å². The second kappa shape index (κ2) is 13.1. The van der Waals surface area contributed by atoms with Crippen LogP contribution in [0.1, 0.15) is 23.6 Å². The van der Waals surface area contributed by atoms with E-state index in [0.29, 0.717) is 16.7 Å². The number of benzene rings is 2. The topological polar surface area (TPSA) is 193 Å². The lowest BCUT2D eigenvalue weighted by molar-refractivity contribution is -0.139. The van der Waals surface area contributed by atoms with Gasteiger partial charge in [-0.15, -0.1) is 12.4 Å². The number of imide groups is 1. The molecule has 38 heavy (non-hydrogen) atoms. The normalized spacial score (nSPS) is 17.3. The fourth-order valence-electron chi connectivity index (χ4n) is 3.55. The maximum absolute atomic E-state index is 13.0. The van der Waals surface area contributed by atoms with E-state index in [1.807, 2.05) is 0 Å². The average Bonchev–Trinajstić information content (AvgIpc) is 3.10. The summed E-state index contributed by atoms with van der Waals surface area (Å²) >= 11 is 0. The SMILES string of the molecule is CC1(c2ccc(C=NN)cc2)NC(=O)N(CC(=O)NCC(NC(=O)OCc2ccccc2)C(=O)O)C1=O.Cl. The van der Waals surface area contributed by atoms with Gasteiger partial charge < -0.3 is 31.6 Å². The highest BCUT2D eigenvalue weighted by Crippen LogP contribution is 2.28. The number of nitrogens with zero attached hydrogens (tertiary/aromatic N) is 2. The zero-order valence-corrected chi connectivity index (χ0v) is 21.1. The van der Waals surface area contributed by atoms with Gasteiger partial charge in [-0.1, -0.05) is 54.6 Å². The lowest BCUT2D eigenvalue weighted by atomic mass is 9.91. The van der Waals surface area contributed by atoms with Crippen molar-refractivity contribution in [1.29, 1.82) is 0 Å². The number of hydrazone groups is 1. The number of hydrogen-bond donors (Lipinski definition) is 5. The summed E-state index contributed by atoms with van der Waals surface area (Å²) in [5.41, 5.74) is 0.461. The number of carboxylic acids is 1. The summed E-state index contributed by atoms with van der Waals surface area (Å²) in [6.07, 6.45) is 0.430. The van der Waals surface area contributed by atoms with E-state index < -0.39 is 54.6 Å². The van der Waals surface area contributed by atoms with Crippen molar-refractivity contribution < 1.29 is 33.8 Å². The van der Waals surface area contributed by atoms with Crippen LogP contribution in [0.15, 0.2) is 59.7 Å². The lowest BCUT2D eigenvalue weighted by Gasteiger charge is -2.22. The van der Waals surface area contributed by atoms with Gasteiger partial charge in [0.1, 0.15) is 24.7 Å². The Bertz CT molecular complexity index is 1210. The highest BCUT2D eigenvalue weighted by Gasteiger charge is 2.49. The van der Waals surface area contributed by atoms with Crippen molar-refractivity contribution in [2.75, 3.05) is 13.1 Å². The predicted octanol–water partition coefficient (Wildman–Crippen LogP) is 0.664. The molecule has 1 aliphatic rings. The van der Waals surface area contributed by atoms with E-state index in [4.69, 9.17) is 10.6 Å². The number of urea groups is 1. The molecule has 0 saturated carbocycles. The first-order valence-electron chi connectivity index (χ1n) is 11.1. The molecule has 13 nitrogen and oxygen atoms in total. The number of nitrogens with one attached hydrogen (secondary N) is 3. The van der Waals surface area contributed by atoms with E-state index in [1.54, 1.807) is 54.6 Å². The molecule has 2 unspecified atom stereocenters. The fourth-order valence-corrected chi connectivity index (χ4v) is 3.55. The maximum atomic E-state index is 13.0. The van der Waals surface area contributed by atoms with Crippen molar-refractivity contribution in [3.8, 4) is 0 Å². The van der Waals surface area contributed by atoms with E-state index in [0.717, 1.165) is 4.90 Å². The highest BCUT2D eigenvalue weighted by atomic mass is 35.5. The molecule has 2 atom stereocenters. The number of alkyl carbamates (subject to hydrolysis) is 1. The van der Waals surface area contributed by atoms with Crippen LogP contribution in [0.3, 0.4) is 0 Å². The lowest BCUT2D eigenvalue weighted by Crippen LogP contribution is -2.50. The molecule has 1 fully saturated rings. The first-order valence-corrected chi connectivity index (χ1v) is 11.1. The largest absolute Gasteiger partial charge is 0.480 e. The molecule has 0 aliphatic carbocycles. The van der Waals surface area contributed by atoms with Gasteiger partial charge >= 0.3 is 18.1 Å². The molecular weight excluding hydrogens is 520 g/mol. The van der Waals surface area contributed by atoms with Crippen LogP contribution in [-0.4, -0.2) is 65.3 Å². The molecule has 0 aromatic heterocycles. The van der Waals surface area contributed by atoms with Crippen LogP contribution in [0.2, 0.25) is 0 Å². The quantitative estimate of drug-likeness (QED) is 0.124. The molecule has 0 spiro atoms. The van der Waals surface area contributed by atoms with Crippen LogP contribution in [0, 0.1) is 0 Å². The number of nitrogens with two attached hydrogens (primary N) is 1. The minimum atomic E-state index is -1.50. The van der Waals surface area contributed by atoms with Crippen LogP contribution in [-0.2, 0) is 31.3 Å². The fraction of sp³-hybridized carbons (Fsp3) is 0.250. The third-order valence-corrected chi connectivity index (χ3v) is 5.59. The second-order valence-electron chi connectivity index (χ2n) is 8.25. The molecule has 0 bridgehead atoms. The number of hydrogen-bond acceptors (Lipinski definition) is 8. The van der Waals surface area contributed by atoms with Crippen molar-refractivity contribution in [1.82, 2.24) is 20.9 Å². The summed E-state index contributed by atoms with van der Waals surface area (Å²) in [6, 6.07) is 13.1. The Kier molecular flexibility index (Phi) is 10.2. The molecule has 0 radical (unpaired) electrons. The van der Waals surface area contributed by atoms with Gasteiger partial charge in [0.05, 0.1) is 6.21 Å². The summed E-state index contributed by atoms with van der Waals surface area (Å²) in [5, 5.41) is 19.8. The van der Waals surface area contributed by atoms with Gasteiger partial charge in [-0.3, -0.25) is 14.5 Å². The standard InChI is InChI=1S/C24H26N6O7.ClH/c1-24(17-9-7-15(8-10-17)11-27-25)21(34)30(22(35)29-24)13-19(31)26-12-18(20(32)33)28-23(36)37-14-16-5-3-2-4-6-16;/h2-11,18H,12-14,25H2,1H3,(H,26,31)(H,28,36)(H,29,35)(H,32,33);1H. The highest BCUT2D eigenvalue weighted by molar-refractivity contribution is 6.09. The molecule has 202 valence electrons. The molecule has 1 aliphatic heterocycles. The number of carbonyl (C=O) groups excluding carboxylic acids is 4. The molecule has 5 amide bonds. The second-order valence-corrected chi connectivity index (χ2v) is 8.25. The molecule has 1 heterocycles. The van der Waals surface area contributed by atoms with Crippen molar-refractivity contribution in [3.63, 3.8) is 0 Å². The van der Waals surface area contributed by atoms with Crippen LogP contribution in [0.5, 0.6) is 0 Å². The smallest absolute Gasteiger partial charge is 0.408 e. The number of halogens is 1. The molecule has 2 aromatic carbocycles. The molecule has 3 rings (SSSR count). The van der Waals surface area contributed by atoms with E-state index >= 15 is 0 Å². The van der Waals surface area contributed by atoms with E-state index in [-0.39, 0.29) is 19.0 Å². The van der Waals surface area contributed by atoms with Crippen molar-refractivity contribution in [2.24, 2.45) is 10.9 Å². The molecule has 1 saturated heterocycles. The molecule has 14 heteroatoms. The molecular formula is C24H27ClN6O7. The minimum absolute atomic E-state index is 0. The van der Waals surface area contributed by atoms with Gasteiger partial charge in [0.25, 0.3) is 5.91 Å². The van der Waals surface area contributed by atoms with E-state index in [2.05, 4.69) is 21.1 Å². The Morgan fingerprint density at radius 2 is 1.82 bits per heavy atom. The first kappa shape index (κ1) is 29.6. The molecule has 6 N–H and O–H groups in total. The Morgan fingerprint density at radius 1 is 1.16 bits per heavy atom. The summed E-state index contributed by atoms with van der Waals surface area (Å²) in [6.45, 7) is 0.283. The first-order chi connectivity index (χ1) is 17.6. The summed E-state index contributed by atoms with van der Waals surface area (Å²) in [4.78, 5) is 62.1. The monoisotopic (exact) mass is 546 g/mol. The van der Waals surface area contributed by atoms with Gasteiger partial charge in [-0.05, 0) is 23.6 Å². The summed E-state index contributed by atoms with van der Waals surface area (Å²) in [5.74, 6) is 2.25. The van der Waals surface area contributed by atoms with Crippen LogP contribution >= 0.6 is 12.4 Å². The Morgan fingerprint density at radius 3 is 2.42 bits per heavy atom. The predicted molar refractivity (Wildman–Crippen MR) is 137 cm³/mol. The minimum Gasteiger partial charge on any atom is -0.480 e. The average molecular weight is 547 g/mol. The molecule has 2 aromatic rings. The number of amides is 5. The number of aliphatic carboxylic acids is 1. The summed E-state index contributed by atoms with van der Waals surface area (Å²) in [7, 11) is 0. The third-order valence-electron chi connectivity index (χ3n) is 5.59. The zero-order valence-electron chi connectivity index (χ0n) is 20.2. The van der Waals surface area contributed by atoms with Gasteiger partial charge in [0.15, 0.2) is 0 Å². The number of carbonyl (C=O) groups is 5. The van der Waals surface area contributed by atoms with Crippen molar-refractivity contribution in [2.45, 2.75) is 25.1 Å². The van der Waals surface area contributed by atoms with Crippen molar-refractivity contribution in [3.05, 3.63) is 71.3 Å². The van der Waals surface area contributed by atoms with Gasteiger partial charge in [0, 0.05) is 6.54 Å². The van der Waals surface area contributed by atoms with Crippen LogP contribution in [0.25, 0.3) is 0 Å². The Hall–Kier alpha value is -4.65. The number of rotatable bonds is 10. The zero-order chi connectivity index (χ0) is 27.0. The maximum Gasteiger partial charge on any atom is 0.408 e. The van der Waals surface area contributed by atoms with Gasteiger partial charge in [0.2, 0.25) is 5.91 Å². The number of carboxylic acid groups (broad SMARTS) is 1. The Balaban J connectivity index is 0.00000507. The van der Waals surface area contributed by atoms with E-state index in [9.17, 15) is 29.1 Å². The number of ether oxygens (including phenoxy) is 1. The van der Waals surface area contributed by atoms with E-state index in [1.165, 1.54) is 13.1 Å². The van der Waals surface area contributed by atoms with Gasteiger partial charge in [-0.25, -0.2) is 14.4 Å². The van der Waals surface area contributed by atoms with Crippen molar-refractivity contribution >= 4 is 48.5 Å². The summed E-state index contributed by atoms with van der Waals surface area (Å²) < 4.78 is 4.99. The van der Waals surface area contributed by atoms with Crippen LogP contribution in [0.4, 0.5) is 9.59 Å². The van der Waals surface area contributed by atoms with Crippen LogP contribution < -0.4 is 21.8 Å². The Labute approximate surface area is 223 Å².